The summed E-state index contributed by atoms with van der Waals surface area (Å²) in [6, 6.07) is 11.0. The molecule has 16 heavy (non-hydrogen) atoms. The van der Waals surface area contributed by atoms with Gasteiger partial charge < -0.3 is 0 Å². The molecule has 0 aliphatic heterocycles. The van der Waals surface area contributed by atoms with E-state index in [-0.39, 0.29) is 0 Å². The molecule has 1 heteroatoms. The standard InChI is InChI=1S/C15H22S/c1-2-3-7-13-10-14(16)11-15(13)12-8-5-4-6-9-12/h4-6,8-9,13-16H,2-3,7,10-11H2,1H3. The van der Waals surface area contributed by atoms with Gasteiger partial charge in [-0.25, -0.2) is 0 Å². The molecule has 0 radical (unpaired) electrons. The van der Waals surface area contributed by atoms with E-state index in [1.807, 2.05) is 0 Å². The zero-order chi connectivity index (χ0) is 11.4. The van der Waals surface area contributed by atoms with Crippen LogP contribution >= 0.6 is 12.6 Å². The zero-order valence-electron chi connectivity index (χ0n) is 10.1. The number of hydrogen-bond donors (Lipinski definition) is 1. The Kier molecular flexibility index (Phi) is 4.34. The smallest absolute Gasteiger partial charge is 0.00255 e. The van der Waals surface area contributed by atoms with Gasteiger partial charge in [-0.2, -0.15) is 12.6 Å². The summed E-state index contributed by atoms with van der Waals surface area (Å²) < 4.78 is 0. The maximum Gasteiger partial charge on any atom is 0.00255 e. The van der Waals surface area contributed by atoms with Crippen LogP contribution in [-0.2, 0) is 0 Å². The van der Waals surface area contributed by atoms with E-state index in [1.54, 1.807) is 0 Å². The summed E-state index contributed by atoms with van der Waals surface area (Å²) in [7, 11) is 0. The quantitative estimate of drug-likeness (QED) is 0.719. The minimum Gasteiger partial charge on any atom is -0.176 e. The van der Waals surface area contributed by atoms with Crippen molar-refractivity contribution < 1.29 is 0 Å². The summed E-state index contributed by atoms with van der Waals surface area (Å²) in [6.45, 7) is 2.28. The van der Waals surface area contributed by atoms with E-state index in [2.05, 4.69) is 49.9 Å². The lowest BCUT2D eigenvalue weighted by Crippen LogP contribution is -2.05. The molecular formula is C15H22S. The first kappa shape index (κ1) is 12.0. The molecule has 3 unspecified atom stereocenters. The Labute approximate surface area is 105 Å². The van der Waals surface area contributed by atoms with Gasteiger partial charge in [0.2, 0.25) is 0 Å². The highest BCUT2D eigenvalue weighted by molar-refractivity contribution is 7.80. The lowest BCUT2D eigenvalue weighted by Gasteiger charge is -2.19. The Morgan fingerprint density at radius 2 is 1.94 bits per heavy atom. The van der Waals surface area contributed by atoms with Gasteiger partial charge in [0.15, 0.2) is 0 Å². The highest BCUT2D eigenvalue weighted by atomic mass is 32.1. The van der Waals surface area contributed by atoms with Crippen molar-refractivity contribution in [2.45, 2.75) is 50.2 Å². The van der Waals surface area contributed by atoms with Gasteiger partial charge in [0.1, 0.15) is 0 Å². The van der Waals surface area contributed by atoms with Crippen LogP contribution in [0.25, 0.3) is 0 Å². The van der Waals surface area contributed by atoms with E-state index in [4.69, 9.17) is 0 Å². The molecule has 0 saturated heterocycles. The molecule has 1 fully saturated rings. The molecule has 88 valence electrons. The number of rotatable bonds is 4. The van der Waals surface area contributed by atoms with Crippen molar-refractivity contribution in [3.8, 4) is 0 Å². The summed E-state index contributed by atoms with van der Waals surface area (Å²) in [5, 5.41) is 0.618. The molecule has 2 rings (SSSR count). The van der Waals surface area contributed by atoms with Crippen LogP contribution in [0.1, 0.15) is 50.5 Å². The van der Waals surface area contributed by atoms with Crippen LogP contribution in [0.4, 0.5) is 0 Å². The van der Waals surface area contributed by atoms with E-state index in [9.17, 15) is 0 Å². The van der Waals surface area contributed by atoms with E-state index in [1.165, 1.54) is 37.7 Å². The van der Waals surface area contributed by atoms with Gasteiger partial charge >= 0.3 is 0 Å². The van der Waals surface area contributed by atoms with E-state index in [0.717, 1.165) is 11.8 Å². The highest BCUT2D eigenvalue weighted by Gasteiger charge is 2.32. The third-order valence-corrected chi connectivity index (χ3v) is 4.25. The third kappa shape index (κ3) is 2.82. The normalized spacial score (nSPS) is 29.5. The lowest BCUT2D eigenvalue weighted by atomic mass is 9.86. The van der Waals surface area contributed by atoms with Crippen molar-refractivity contribution >= 4 is 12.6 Å². The van der Waals surface area contributed by atoms with Crippen molar-refractivity contribution in [1.82, 2.24) is 0 Å². The molecule has 1 aliphatic rings. The first-order valence-corrected chi connectivity index (χ1v) is 7.06. The molecule has 0 spiro atoms. The molecular weight excluding hydrogens is 212 g/mol. The van der Waals surface area contributed by atoms with Crippen LogP contribution in [0, 0.1) is 5.92 Å². The van der Waals surface area contributed by atoms with Crippen LogP contribution < -0.4 is 0 Å². The van der Waals surface area contributed by atoms with E-state index in [0.29, 0.717) is 5.25 Å². The van der Waals surface area contributed by atoms with E-state index < -0.39 is 0 Å². The summed E-state index contributed by atoms with van der Waals surface area (Å²) in [5.41, 5.74) is 1.53. The SMILES string of the molecule is CCCCC1CC(S)CC1c1ccccc1. The van der Waals surface area contributed by atoms with Crippen LogP contribution in [0.15, 0.2) is 30.3 Å². The molecule has 0 N–H and O–H groups in total. The topological polar surface area (TPSA) is 0 Å². The summed E-state index contributed by atoms with van der Waals surface area (Å²) in [5.74, 6) is 1.63. The van der Waals surface area contributed by atoms with Crippen LogP contribution in [0.3, 0.4) is 0 Å². The van der Waals surface area contributed by atoms with Gasteiger partial charge in [0, 0.05) is 5.25 Å². The number of unbranched alkanes of at least 4 members (excludes halogenated alkanes) is 1. The fourth-order valence-corrected chi connectivity index (χ4v) is 3.49. The Bertz CT molecular complexity index is 306. The second-order valence-corrected chi connectivity index (χ2v) is 5.78. The van der Waals surface area contributed by atoms with Crippen molar-refractivity contribution in [3.05, 3.63) is 35.9 Å². The average Bonchev–Trinajstić information content (AvgIpc) is 2.69. The molecule has 0 aromatic heterocycles. The molecule has 0 heterocycles. The monoisotopic (exact) mass is 234 g/mol. The second-order valence-electron chi connectivity index (χ2n) is 5.04. The maximum atomic E-state index is 4.68. The van der Waals surface area contributed by atoms with Gasteiger partial charge in [0.25, 0.3) is 0 Å². The molecule has 1 saturated carbocycles. The summed E-state index contributed by atoms with van der Waals surface area (Å²) in [4.78, 5) is 0. The first-order valence-electron chi connectivity index (χ1n) is 6.54. The first-order chi connectivity index (χ1) is 7.81. The van der Waals surface area contributed by atoms with Crippen molar-refractivity contribution in [3.63, 3.8) is 0 Å². The fraction of sp³-hybridized carbons (Fsp3) is 0.600. The maximum absolute atomic E-state index is 4.68. The van der Waals surface area contributed by atoms with Crippen LogP contribution in [0.5, 0.6) is 0 Å². The Balaban J connectivity index is 2.06. The minimum atomic E-state index is 0.618. The molecule has 1 aromatic carbocycles. The molecule has 3 atom stereocenters. The molecule has 0 nitrogen and oxygen atoms in total. The van der Waals surface area contributed by atoms with Gasteiger partial charge in [0.05, 0.1) is 0 Å². The fourth-order valence-electron chi connectivity index (χ4n) is 2.99. The summed E-state index contributed by atoms with van der Waals surface area (Å²) in [6.07, 6.45) is 6.64. The van der Waals surface area contributed by atoms with Crippen molar-refractivity contribution in [1.29, 1.82) is 0 Å². The van der Waals surface area contributed by atoms with Crippen LogP contribution in [0.2, 0.25) is 0 Å². The molecule has 0 bridgehead atoms. The lowest BCUT2D eigenvalue weighted by molar-refractivity contribution is 0.433. The Morgan fingerprint density at radius 3 is 2.62 bits per heavy atom. The predicted molar refractivity (Wildman–Crippen MR) is 74.2 cm³/mol. The van der Waals surface area contributed by atoms with Crippen LogP contribution in [-0.4, -0.2) is 5.25 Å². The van der Waals surface area contributed by atoms with Crippen molar-refractivity contribution in [2.24, 2.45) is 5.92 Å². The highest BCUT2D eigenvalue weighted by Crippen LogP contribution is 2.44. The predicted octanol–water partition coefficient (Wildman–Crippen LogP) is 4.67. The summed E-state index contributed by atoms with van der Waals surface area (Å²) >= 11 is 4.68. The molecule has 1 aromatic rings. The Hall–Kier alpha value is -0.430. The Morgan fingerprint density at radius 1 is 1.19 bits per heavy atom. The van der Waals surface area contributed by atoms with Gasteiger partial charge in [-0.15, -0.1) is 0 Å². The van der Waals surface area contributed by atoms with Gasteiger partial charge in [-0.3, -0.25) is 0 Å². The number of hydrogen-bond acceptors (Lipinski definition) is 1. The minimum absolute atomic E-state index is 0.618. The third-order valence-electron chi connectivity index (χ3n) is 3.83. The molecule has 1 aliphatic carbocycles. The largest absolute Gasteiger partial charge is 0.176 e. The number of thiol groups is 1. The molecule has 0 amide bonds. The van der Waals surface area contributed by atoms with Gasteiger partial charge in [-0.05, 0) is 36.7 Å². The average molecular weight is 234 g/mol. The second kappa shape index (κ2) is 5.77. The zero-order valence-corrected chi connectivity index (χ0v) is 11.0. The van der Waals surface area contributed by atoms with Gasteiger partial charge in [-0.1, -0.05) is 50.1 Å². The van der Waals surface area contributed by atoms with E-state index >= 15 is 0 Å². The van der Waals surface area contributed by atoms with Crippen molar-refractivity contribution in [2.75, 3.05) is 0 Å². The number of benzene rings is 1.